The Bertz CT molecular complexity index is 539. The van der Waals surface area contributed by atoms with Gasteiger partial charge in [0, 0.05) is 24.1 Å². The molecule has 1 aliphatic rings. The van der Waals surface area contributed by atoms with E-state index in [1.165, 1.54) is 0 Å². The Labute approximate surface area is 149 Å². The van der Waals surface area contributed by atoms with Crippen molar-refractivity contribution in [3.8, 4) is 5.75 Å². The van der Waals surface area contributed by atoms with Crippen molar-refractivity contribution in [2.75, 3.05) is 13.2 Å². The van der Waals surface area contributed by atoms with E-state index in [-0.39, 0.29) is 17.4 Å². The van der Waals surface area contributed by atoms with Gasteiger partial charge in [0.15, 0.2) is 6.10 Å². The van der Waals surface area contributed by atoms with E-state index in [1.54, 1.807) is 31.2 Å². The quantitative estimate of drug-likeness (QED) is 0.868. The standard InChI is InChI=1S/C19H28ClNO3/c1-13(24-16-9-7-15(20)8-10-16)18(22)21-12-14-6-5-11-23-17(14)19(2,3)4/h7-10,13-14,17H,5-6,11-12H2,1-4H3,(H,21,22). The molecule has 24 heavy (non-hydrogen) atoms. The second kappa shape index (κ2) is 8.21. The maximum Gasteiger partial charge on any atom is 0.260 e. The molecule has 134 valence electrons. The molecule has 5 heteroatoms. The molecule has 1 N–H and O–H groups in total. The van der Waals surface area contributed by atoms with Gasteiger partial charge >= 0.3 is 0 Å². The lowest BCUT2D eigenvalue weighted by Gasteiger charge is -2.40. The summed E-state index contributed by atoms with van der Waals surface area (Å²) in [4.78, 5) is 12.3. The normalized spacial score (nSPS) is 22.7. The van der Waals surface area contributed by atoms with Gasteiger partial charge in [-0.15, -0.1) is 0 Å². The van der Waals surface area contributed by atoms with Crippen LogP contribution in [-0.4, -0.2) is 31.3 Å². The molecule has 2 rings (SSSR count). The third kappa shape index (κ3) is 5.38. The topological polar surface area (TPSA) is 47.6 Å². The molecule has 1 fully saturated rings. The van der Waals surface area contributed by atoms with Crippen LogP contribution in [0.4, 0.5) is 0 Å². The van der Waals surface area contributed by atoms with Gasteiger partial charge in [-0.2, -0.15) is 0 Å². The molecule has 0 bridgehead atoms. The van der Waals surface area contributed by atoms with E-state index in [9.17, 15) is 4.79 Å². The van der Waals surface area contributed by atoms with E-state index in [2.05, 4.69) is 26.1 Å². The highest BCUT2D eigenvalue weighted by Gasteiger charge is 2.35. The van der Waals surface area contributed by atoms with Crippen LogP contribution < -0.4 is 10.1 Å². The van der Waals surface area contributed by atoms with Crippen molar-refractivity contribution < 1.29 is 14.3 Å². The van der Waals surface area contributed by atoms with Crippen molar-refractivity contribution in [1.82, 2.24) is 5.32 Å². The lowest BCUT2D eigenvalue weighted by atomic mass is 9.78. The highest BCUT2D eigenvalue weighted by molar-refractivity contribution is 6.30. The van der Waals surface area contributed by atoms with Gasteiger partial charge in [-0.25, -0.2) is 0 Å². The molecule has 3 unspecified atom stereocenters. The molecular weight excluding hydrogens is 326 g/mol. The maximum atomic E-state index is 12.3. The Hall–Kier alpha value is -1.26. The first-order chi connectivity index (χ1) is 11.3. The average molecular weight is 354 g/mol. The van der Waals surface area contributed by atoms with Gasteiger partial charge in [0.05, 0.1) is 6.10 Å². The summed E-state index contributed by atoms with van der Waals surface area (Å²) < 4.78 is 11.6. The van der Waals surface area contributed by atoms with Gasteiger partial charge in [-0.3, -0.25) is 4.79 Å². The van der Waals surface area contributed by atoms with Crippen molar-refractivity contribution in [2.45, 2.75) is 52.7 Å². The van der Waals surface area contributed by atoms with Crippen LogP contribution in [0, 0.1) is 11.3 Å². The van der Waals surface area contributed by atoms with Crippen molar-refractivity contribution in [2.24, 2.45) is 11.3 Å². The zero-order chi connectivity index (χ0) is 17.7. The summed E-state index contributed by atoms with van der Waals surface area (Å²) in [5, 5.41) is 3.66. The molecule has 1 aliphatic heterocycles. The Kier molecular flexibility index (Phi) is 6.53. The van der Waals surface area contributed by atoms with E-state index in [1.807, 2.05) is 0 Å². The number of ether oxygens (including phenoxy) is 2. The SMILES string of the molecule is CC(Oc1ccc(Cl)cc1)C(=O)NCC1CCCOC1C(C)(C)C. The first-order valence-electron chi connectivity index (χ1n) is 8.59. The van der Waals surface area contributed by atoms with Crippen LogP contribution in [0.3, 0.4) is 0 Å². The summed E-state index contributed by atoms with van der Waals surface area (Å²) in [6.45, 7) is 9.73. The van der Waals surface area contributed by atoms with Crippen molar-refractivity contribution >= 4 is 17.5 Å². The third-order valence-corrected chi connectivity index (χ3v) is 4.58. The van der Waals surface area contributed by atoms with Gasteiger partial charge in [-0.1, -0.05) is 32.4 Å². The zero-order valence-corrected chi connectivity index (χ0v) is 15.7. The first-order valence-corrected chi connectivity index (χ1v) is 8.96. The van der Waals surface area contributed by atoms with Gasteiger partial charge in [0.25, 0.3) is 5.91 Å². The van der Waals surface area contributed by atoms with Crippen molar-refractivity contribution in [3.63, 3.8) is 0 Å². The van der Waals surface area contributed by atoms with Crippen LogP contribution in [-0.2, 0) is 9.53 Å². The molecule has 0 saturated carbocycles. The second-order valence-corrected chi connectivity index (χ2v) is 7.96. The molecule has 4 nitrogen and oxygen atoms in total. The summed E-state index contributed by atoms with van der Waals surface area (Å²) in [7, 11) is 0. The molecule has 1 heterocycles. The van der Waals surface area contributed by atoms with Crippen molar-refractivity contribution in [3.05, 3.63) is 29.3 Å². The molecule has 1 aromatic rings. The molecule has 0 radical (unpaired) electrons. The fourth-order valence-electron chi connectivity index (χ4n) is 3.16. The fraction of sp³-hybridized carbons (Fsp3) is 0.632. The Balaban J connectivity index is 1.85. The smallest absolute Gasteiger partial charge is 0.260 e. The van der Waals surface area contributed by atoms with Gasteiger partial charge in [-0.05, 0) is 49.4 Å². The number of rotatable bonds is 5. The number of benzene rings is 1. The summed E-state index contributed by atoms with van der Waals surface area (Å²) in [6.07, 6.45) is 1.74. The van der Waals surface area contributed by atoms with Gasteiger partial charge < -0.3 is 14.8 Å². The van der Waals surface area contributed by atoms with Crippen LogP contribution in [0.2, 0.25) is 5.02 Å². The minimum Gasteiger partial charge on any atom is -0.481 e. The second-order valence-electron chi connectivity index (χ2n) is 7.52. The fourth-order valence-corrected chi connectivity index (χ4v) is 3.28. The predicted molar refractivity (Wildman–Crippen MR) is 96.5 cm³/mol. The largest absolute Gasteiger partial charge is 0.481 e. The minimum atomic E-state index is -0.552. The van der Waals surface area contributed by atoms with E-state index in [0.29, 0.717) is 23.2 Å². The highest BCUT2D eigenvalue weighted by atomic mass is 35.5. The number of hydrogen-bond donors (Lipinski definition) is 1. The van der Waals surface area contributed by atoms with E-state index >= 15 is 0 Å². The lowest BCUT2D eigenvalue weighted by molar-refractivity contribution is -0.129. The van der Waals surface area contributed by atoms with Crippen LogP contribution in [0.15, 0.2) is 24.3 Å². The Morgan fingerprint density at radius 2 is 2.04 bits per heavy atom. The van der Waals surface area contributed by atoms with Crippen LogP contribution >= 0.6 is 11.6 Å². The number of halogens is 1. The molecule has 3 atom stereocenters. The lowest BCUT2D eigenvalue weighted by Crippen LogP contribution is -2.47. The zero-order valence-electron chi connectivity index (χ0n) is 15.0. The summed E-state index contributed by atoms with van der Waals surface area (Å²) >= 11 is 5.85. The molecule has 0 spiro atoms. The molecule has 0 aliphatic carbocycles. The van der Waals surface area contributed by atoms with E-state index < -0.39 is 6.10 Å². The number of carbonyl (C=O) groups excluding carboxylic acids is 1. The van der Waals surface area contributed by atoms with Crippen LogP contribution in [0.25, 0.3) is 0 Å². The van der Waals surface area contributed by atoms with Gasteiger partial charge in [0.1, 0.15) is 5.75 Å². The number of carbonyl (C=O) groups is 1. The number of amides is 1. The number of nitrogens with one attached hydrogen (secondary N) is 1. The summed E-state index contributed by atoms with van der Waals surface area (Å²) in [6, 6.07) is 7.01. The Morgan fingerprint density at radius 1 is 1.38 bits per heavy atom. The van der Waals surface area contributed by atoms with E-state index in [4.69, 9.17) is 21.1 Å². The summed E-state index contributed by atoms with van der Waals surface area (Å²) in [5.74, 6) is 0.865. The monoisotopic (exact) mass is 353 g/mol. The van der Waals surface area contributed by atoms with Gasteiger partial charge in [0.2, 0.25) is 0 Å². The summed E-state index contributed by atoms with van der Waals surface area (Å²) in [5.41, 5.74) is 0.0707. The maximum absolute atomic E-state index is 12.3. The average Bonchev–Trinajstić information content (AvgIpc) is 2.54. The predicted octanol–water partition coefficient (Wildman–Crippen LogP) is 4.06. The Morgan fingerprint density at radius 3 is 2.67 bits per heavy atom. The van der Waals surface area contributed by atoms with Crippen LogP contribution in [0.1, 0.15) is 40.5 Å². The molecule has 0 aromatic heterocycles. The van der Waals surface area contributed by atoms with E-state index in [0.717, 1.165) is 19.4 Å². The minimum absolute atomic E-state index is 0.0707. The van der Waals surface area contributed by atoms with Crippen LogP contribution in [0.5, 0.6) is 5.75 Å². The third-order valence-electron chi connectivity index (χ3n) is 4.33. The van der Waals surface area contributed by atoms with Crippen molar-refractivity contribution in [1.29, 1.82) is 0 Å². The first kappa shape index (κ1) is 19.1. The molecular formula is C19H28ClNO3. The molecule has 1 aromatic carbocycles. The highest BCUT2D eigenvalue weighted by Crippen LogP contribution is 2.33. The molecule has 1 saturated heterocycles. The molecule has 1 amide bonds. The number of hydrogen-bond acceptors (Lipinski definition) is 3.